The van der Waals surface area contributed by atoms with Gasteiger partial charge in [-0.1, -0.05) is 5.06 Å². The second-order valence-corrected chi connectivity index (χ2v) is 2.97. The molecule has 7 nitrogen and oxygen atoms in total. The van der Waals surface area contributed by atoms with Gasteiger partial charge in [-0.2, -0.15) is 0 Å². The Labute approximate surface area is 92.2 Å². The third-order valence-corrected chi connectivity index (χ3v) is 1.82. The van der Waals surface area contributed by atoms with Crippen LogP contribution in [0.4, 0.5) is 4.79 Å². The molecule has 0 aromatic heterocycles. The number of hydrogen-bond donors (Lipinski definition) is 0. The molecule has 0 N–H and O–H groups in total. The lowest BCUT2D eigenvalue weighted by Gasteiger charge is -2.12. The summed E-state index contributed by atoms with van der Waals surface area (Å²) < 4.78 is 9.49. The Bertz CT molecular complexity index is 274. The van der Waals surface area contributed by atoms with Gasteiger partial charge in [0.2, 0.25) is 0 Å². The fourth-order valence-electron chi connectivity index (χ4n) is 1.09. The minimum atomic E-state index is -1.08. The van der Waals surface area contributed by atoms with Crippen molar-refractivity contribution in [3.8, 4) is 0 Å². The largest absolute Gasteiger partial charge is 0.534 e. The summed E-state index contributed by atoms with van der Waals surface area (Å²) in [6.45, 7) is 2.58. The quantitative estimate of drug-likeness (QED) is 0.383. The molecule has 1 rings (SSSR count). The number of carbonyl (C=O) groups is 3. The van der Waals surface area contributed by atoms with Gasteiger partial charge in [0.05, 0.1) is 6.61 Å². The highest BCUT2D eigenvalue weighted by atomic mass is 16.8. The second-order valence-electron chi connectivity index (χ2n) is 2.97. The van der Waals surface area contributed by atoms with Gasteiger partial charge in [0, 0.05) is 19.4 Å². The molecule has 1 aliphatic rings. The monoisotopic (exact) mass is 231 g/mol. The molecule has 90 valence electrons. The number of ether oxygens (including phenoxy) is 2. The summed E-state index contributed by atoms with van der Waals surface area (Å²) >= 11 is 0. The Kier molecular flexibility index (Phi) is 4.71. The fraction of sp³-hybridized carbons (Fsp3) is 0.667. The van der Waals surface area contributed by atoms with E-state index in [1.54, 1.807) is 6.92 Å². The summed E-state index contributed by atoms with van der Waals surface area (Å²) in [5.41, 5.74) is 0. The summed E-state index contributed by atoms with van der Waals surface area (Å²) in [6.07, 6.45) is -0.959. The van der Waals surface area contributed by atoms with Gasteiger partial charge in [0.15, 0.2) is 0 Å². The summed E-state index contributed by atoms with van der Waals surface area (Å²) in [5, 5.41) is 0.434. The van der Waals surface area contributed by atoms with Gasteiger partial charge >= 0.3 is 6.16 Å². The van der Waals surface area contributed by atoms with Crippen LogP contribution in [0.3, 0.4) is 0 Å². The van der Waals surface area contributed by atoms with Crippen molar-refractivity contribution in [2.45, 2.75) is 19.8 Å². The van der Waals surface area contributed by atoms with E-state index in [9.17, 15) is 14.4 Å². The van der Waals surface area contributed by atoms with E-state index >= 15 is 0 Å². The van der Waals surface area contributed by atoms with Gasteiger partial charge in [-0.3, -0.25) is 14.4 Å². The molecular weight excluding hydrogens is 218 g/mol. The fourth-order valence-corrected chi connectivity index (χ4v) is 1.09. The Balaban J connectivity index is 2.23. The first-order chi connectivity index (χ1) is 7.65. The predicted octanol–water partition coefficient (Wildman–Crippen LogP) is 0.240. The van der Waals surface area contributed by atoms with Crippen molar-refractivity contribution in [3.63, 3.8) is 0 Å². The maximum atomic E-state index is 11.0. The molecule has 0 aromatic carbocycles. The van der Waals surface area contributed by atoms with E-state index < -0.39 is 18.0 Å². The lowest BCUT2D eigenvalue weighted by atomic mass is 10.4. The van der Waals surface area contributed by atoms with Crippen LogP contribution in [0, 0.1) is 0 Å². The first-order valence-corrected chi connectivity index (χ1v) is 4.93. The molecule has 7 heteroatoms. The highest BCUT2D eigenvalue weighted by Gasteiger charge is 2.33. The molecule has 1 fully saturated rings. The molecule has 0 aliphatic carbocycles. The van der Waals surface area contributed by atoms with E-state index in [4.69, 9.17) is 4.74 Å². The van der Waals surface area contributed by atoms with Gasteiger partial charge in [-0.25, -0.2) is 4.79 Å². The first-order valence-electron chi connectivity index (χ1n) is 4.93. The van der Waals surface area contributed by atoms with Crippen molar-refractivity contribution in [2.24, 2.45) is 0 Å². The molecule has 0 aromatic rings. The lowest BCUT2D eigenvalue weighted by Crippen LogP contribution is -2.32. The topological polar surface area (TPSA) is 82.1 Å². The van der Waals surface area contributed by atoms with E-state index in [-0.39, 0.29) is 26.1 Å². The zero-order chi connectivity index (χ0) is 12.0. The van der Waals surface area contributed by atoms with Gasteiger partial charge in [-0.05, 0) is 6.92 Å². The van der Waals surface area contributed by atoms with Crippen LogP contribution >= 0.6 is 0 Å². The van der Waals surface area contributed by atoms with Crippen LogP contribution in [-0.2, 0) is 23.9 Å². The smallest absolute Gasteiger partial charge is 0.430 e. The molecule has 1 saturated heterocycles. The Morgan fingerprint density at radius 1 is 1.25 bits per heavy atom. The molecule has 0 atom stereocenters. The average molecular weight is 231 g/mol. The third-order valence-electron chi connectivity index (χ3n) is 1.82. The number of imide groups is 1. The molecule has 0 radical (unpaired) electrons. The number of hydrogen-bond acceptors (Lipinski definition) is 6. The molecule has 0 bridgehead atoms. The van der Waals surface area contributed by atoms with Crippen LogP contribution < -0.4 is 0 Å². The lowest BCUT2D eigenvalue weighted by molar-refractivity contribution is -0.177. The van der Waals surface area contributed by atoms with Crippen LogP contribution in [0.2, 0.25) is 0 Å². The standard InChI is InChI=1S/C9H13NO6/c1-2-14-5-6-15-9(13)16-10-7(11)3-4-8(10)12/h2-6H2,1H3. The van der Waals surface area contributed by atoms with Crippen LogP contribution in [0.1, 0.15) is 19.8 Å². The maximum Gasteiger partial charge on any atom is 0.534 e. The molecule has 1 aliphatic heterocycles. The van der Waals surface area contributed by atoms with E-state index in [1.165, 1.54) is 0 Å². The highest BCUT2D eigenvalue weighted by molar-refractivity contribution is 6.01. The zero-order valence-corrected chi connectivity index (χ0v) is 8.93. The Morgan fingerprint density at radius 2 is 1.88 bits per heavy atom. The predicted molar refractivity (Wildman–Crippen MR) is 50.0 cm³/mol. The summed E-state index contributed by atoms with van der Waals surface area (Å²) in [7, 11) is 0. The van der Waals surface area contributed by atoms with Gasteiger partial charge in [-0.15, -0.1) is 0 Å². The second kappa shape index (κ2) is 6.06. The molecule has 2 amide bonds. The van der Waals surface area contributed by atoms with Crippen LogP contribution in [0.5, 0.6) is 0 Å². The third kappa shape index (κ3) is 3.50. The number of nitrogens with zero attached hydrogens (tertiary/aromatic N) is 1. The normalized spacial score (nSPS) is 15.4. The summed E-state index contributed by atoms with van der Waals surface area (Å²) in [5.74, 6) is -1.07. The summed E-state index contributed by atoms with van der Waals surface area (Å²) in [4.78, 5) is 37.5. The Morgan fingerprint density at radius 3 is 2.44 bits per heavy atom. The molecule has 0 unspecified atom stereocenters. The number of amides is 2. The van der Waals surface area contributed by atoms with Gasteiger partial charge < -0.3 is 9.47 Å². The SMILES string of the molecule is CCOCCOC(=O)ON1C(=O)CCC1=O. The van der Waals surface area contributed by atoms with Crippen LogP contribution in [0.25, 0.3) is 0 Å². The van der Waals surface area contributed by atoms with Crippen molar-refractivity contribution in [3.05, 3.63) is 0 Å². The minimum Gasteiger partial charge on any atom is -0.430 e. The summed E-state index contributed by atoms with van der Waals surface area (Å²) in [6, 6.07) is 0. The maximum absolute atomic E-state index is 11.0. The number of hydroxylamine groups is 2. The number of rotatable bonds is 5. The van der Waals surface area contributed by atoms with E-state index in [0.717, 1.165) is 0 Å². The molecule has 0 spiro atoms. The van der Waals surface area contributed by atoms with E-state index in [2.05, 4.69) is 9.57 Å². The molecule has 0 saturated carbocycles. The molecule has 1 heterocycles. The first kappa shape index (κ1) is 12.4. The van der Waals surface area contributed by atoms with Crippen molar-refractivity contribution in [2.75, 3.05) is 19.8 Å². The van der Waals surface area contributed by atoms with Crippen molar-refractivity contribution >= 4 is 18.0 Å². The number of carbonyl (C=O) groups excluding carboxylic acids is 3. The highest BCUT2D eigenvalue weighted by Crippen LogP contribution is 2.12. The van der Waals surface area contributed by atoms with E-state index in [0.29, 0.717) is 11.7 Å². The van der Waals surface area contributed by atoms with E-state index in [1.807, 2.05) is 0 Å². The van der Waals surface area contributed by atoms with Crippen molar-refractivity contribution in [1.82, 2.24) is 5.06 Å². The van der Waals surface area contributed by atoms with Gasteiger partial charge in [0.1, 0.15) is 6.61 Å². The molecular formula is C9H13NO6. The van der Waals surface area contributed by atoms with Crippen molar-refractivity contribution in [1.29, 1.82) is 0 Å². The Hall–Kier alpha value is -1.63. The van der Waals surface area contributed by atoms with Crippen LogP contribution in [0.15, 0.2) is 0 Å². The molecule has 16 heavy (non-hydrogen) atoms. The minimum absolute atomic E-state index is 0.0168. The zero-order valence-electron chi connectivity index (χ0n) is 8.93. The van der Waals surface area contributed by atoms with Crippen LogP contribution in [-0.4, -0.2) is 42.9 Å². The van der Waals surface area contributed by atoms with Gasteiger partial charge in [0.25, 0.3) is 11.8 Å². The average Bonchev–Trinajstić information content (AvgIpc) is 2.56. The van der Waals surface area contributed by atoms with Crippen molar-refractivity contribution < 1.29 is 28.7 Å².